The summed E-state index contributed by atoms with van der Waals surface area (Å²) >= 11 is 1.51. The van der Waals surface area contributed by atoms with E-state index >= 15 is 0 Å². The van der Waals surface area contributed by atoms with Gasteiger partial charge in [0.15, 0.2) is 0 Å². The number of allylic oxidation sites excluding steroid dienone is 6. The van der Waals surface area contributed by atoms with E-state index in [0.29, 0.717) is 11.3 Å². The molecule has 53 heavy (non-hydrogen) atoms. The van der Waals surface area contributed by atoms with E-state index in [4.69, 9.17) is 0 Å². The zero-order chi connectivity index (χ0) is 37.6. The molecular formula is C50H66Cl2Zr-2. The van der Waals surface area contributed by atoms with E-state index in [0.717, 1.165) is 6.42 Å². The van der Waals surface area contributed by atoms with Crippen LogP contribution in [0.5, 0.6) is 0 Å². The summed E-state index contributed by atoms with van der Waals surface area (Å²) in [4.78, 5) is 0. The summed E-state index contributed by atoms with van der Waals surface area (Å²) in [6.07, 6.45) is 12.3. The Morgan fingerprint density at radius 3 is 2.09 bits per heavy atom. The number of hydrogen-bond acceptors (Lipinski definition) is 0. The van der Waals surface area contributed by atoms with Crippen LogP contribution in [0.1, 0.15) is 144 Å². The van der Waals surface area contributed by atoms with Crippen LogP contribution in [0.3, 0.4) is 0 Å². The molecule has 3 aromatic carbocycles. The van der Waals surface area contributed by atoms with Crippen molar-refractivity contribution >= 4 is 8.78 Å². The largest absolute Gasteiger partial charge is 1.00 e. The molecule has 1 fully saturated rings. The van der Waals surface area contributed by atoms with Crippen molar-refractivity contribution in [2.24, 2.45) is 27.6 Å². The average Bonchev–Trinajstić information content (AvgIpc) is 3.73. The summed E-state index contributed by atoms with van der Waals surface area (Å²) in [5, 5.41) is 0. The number of rotatable bonds is 4. The Morgan fingerprint density at radius 1 is 0.906 bits per heavy atom. The fourth-order valence-corrected chi connectivity index (χ4v) is 10.2. The summed E-state index contributed by atoms with van der Waals surface area (Å²) in [5.41, 5.74) is 15.0. The van der Waals surface area contributed by atoms with Gasteiger partial charge in [-0.1, -0.05) is 166 Å². The Morgan fingerprint density at radius 2 is 1.53 bits per heavy atom. The molecule has 0 radical (unpaired) electrons. The first-order chi connectivity index (χ1) is 23.8. The molecule has 3 heteroatoms. The fourth-order valence-electron chi connectivity index (χ4n) is 9.75. The molecule has 0 spiro atoms. The molecule has 0 saturated heterocycles. The van der Waals surface area contributed by atoms with E-state index in [-0.39, 0.29) is 46.5 Å². The van der Waals surface area contributed by atoms with Gasteiger partial charge in [-0.2, -0.15) is 34.4 Å². The third-order valence-electron chi connectivity index (χ3n) is 14.5. The number of aryl methyl sites for hydroxylation is 1. The van der Waals surface area contributed by atoms with Gasteiger partial charge in [0.1, 0.15) is 0 Å². The van der Waals surface area contributed by atoms with E-state index < -0.39 is 0 Å². The molecule has 0 bridgehead atoms. The summed E-state index contributed by atoms with van der Waals surface area (Å²) in [5.74, 6) is 2.24. The molecule has 0 aromatic heterocycles. The smallest absolute Gasteiger partial charge is 1.00 e. The SMILES string of the molecule is CCCCc1cc(C(C)(C)C)c[cH-]1.C[C-]1C2=C3Cc4ccccc4C3=C3C=CCCC3C2(C)C(C)(C)C(C)(C)C1(C)C.C[C](=[Zr+2])c1ccccc1.[Cl-].[Cl-]. The molecular weight excluding hydrogens is 763 g/mol. The van der Waals surface area contributed by atoms with Crippen LogP contribution >= 0.6 is 0 Å². The summed E-state index contributed by atoms with van der Waals surface area (Å²) < 4.78 is 1.46. The number of fused-ring (bicyclic) bond motifs is 6. The zero-order valence-electron chi connectivity index (χ0n) is 35.2. The number of unbranched alkanes of at least 4 members (excludes halogenated alkanes) is 1. The van der Waals surface area contributed by atoms with Crippen LogP contribution in [0.4, 0.5) is 0 Å². The molecule has 0 N–H and O–H groups in total. The van der Waals surface area contributed by atoms with Gasteiger partial charge in [-0.3, -0.25) is 0 Å². The van der Waals surface area contributed by atoms with Gasteiger partial charge in [-0.15, -0.1) is 6.92 Å². The Hall–Kier alpha value is -1.79. The zero-order valence-corrected chi connectivity index (χ0v) is 39.1. The molecule has 0 heterocycles. The predicted octanol–water partition coefficient (Wildman–Crippen LogP) is 7.79. The standard InChI is InChI=1S/C29H37.C13H21.C8H8.2ClH.Zr/c1-18-25-22-17-19-13-9-10-14-20(19)24(22)21-15-11-12-16-23(21)29(25,8)28(6,7)27(4,5)26(18,2)3;1-5-6-7-11-8-9-12(10-11)13(2,3)4;1-2-8-6-4-3-5-7-8;;;/h9-11,13-15,23H,12,16-17H2,1-8H3;8-10H,5-7H2,1-4H3;3-7H,1H3;2*1H;/q2*-1;;;;+2/p-2. The minimum absolute atomic E-state index is 0. The Labute approximate surface area is 352 Å². The van der Waals surface area contributed by atoms with E-state index in [9.17, 15) is 0 Å². The van der Waals surface area contributed by atoms with Crippen LogP contribution in [0.25, 0.3) is 5.57 Å². The van der Waals surface area contributed by atoms with Crippen molar-refractivity contribution in [1.82, 2.24) is 0 Å². The molecule has 0 aliphatic heterocycles. The number of hydrogen-bond donors (Lipinski definition) is 0. The summed E-state index contributed by atoms with van der Waals surface area (Å²) in [7, 11) is 0. The topological polar surface area (TPSA) is 0 Å². The Kier molecular flexibility index (Phi) is 14.8. The molecule has 7 rings (SSSR count). The van der Waals surface area contributed by atoms with Crippen molar-refractivity contribution in [3.05, 3.63) is 135 Å². The van der Waals surface area contributed by atoms with Crippen LogP contribution in [0.15, 0.2) is 102 Å². The molecule has 4 aliphatic carbocycles. The van der Waals surface area contributed by atoms with Crippen molar-refractivity contribution in [2.75, 3.05) is 0 Å². The molecule has 0 nitrogen and oxygen atoms in total. The van der Waals surface area contributed by atoms with E-state index in [1.807, 2.05) is 6.07 Å². The quantitative estimate of drug-likeness (QED) is 0.236. The second kappa shape index (κ2) is 17.1. The predicted molar refractivity (Wildman–Crippen MR) is 220 cm³/mol. The first-order valence-corrected chi connectivity index (χ1v) is 21.0. The second-order valence-electron chi connectivity index (χ2n) is 18.6. The van der Waals surface area contributed by atoms with Gasteiger partial charge < -0.3 is 24.8 Å². The van der Waals surface area contributed by atoms with Crippen LogP contribution in [0, 0.1) is 33.5 Å². The van der Waals surface area contributed by atoms with Crippen LogP contribution < -0.4 is 24.8 Å². The van der Waals surface area contributed by atoms with Crippen molar-refractivity contribution in [2.45, 2.75) is 134 Å². The monoisotopic (exact) mass is 826 g/mol. The van der Waals surface area contributed by atoms with Gasteiger partial charge in [0, 0.05) is 0 Å². The maximum absolute atomic E-state index is 2.62. The van der Waals surface area contributed by atoms with Gasteiger partial charge in [0.2, 0.25) is 0 Å². The molecule has 4 aliphatic rings. The normalized spacial score (nSPS) is 22.7. The third kappa shape index (κ3) is 8.08. The third-order valence-corrected chi connectivity index (χ3v) is 15.2. The molecule has 1 saturated carbocycles. The molecule has 0 amide bonds. The van der Waals surface area contributed by atoms with Crippen molar-refractivity contribution < 1.29 is 49.0 Å². The van der Waals surface area contributed by atoms with E-state index in [2.05, 4.69) is 169 Å². The Balaban J connectivity index is 0.000000262. The first-order valence-electron chi connectivity index (χ1n) is 19.8. The van der Waals surface area contributed by atoms with Gasteiger partial charge in [0.25, 0.3) is 0 Å². The first kappa shape index (κ1) is 45.6. The van der Waals surface area contributed by atoms with Gasteiger partial charge >= 0.3 is 70.3 Å². The van der Waals surface area contributed by atoms with Crippen LogP contribution in [-0.2, 0) is 42.5 Å². The second-order valence-corrected chi connectivity index (χ2v) is 20.4. The number of halogens is 2. The molecule has 2 unspecified atom stereocenters. The summed E-state index contributed by atoms with van der Waals surface area (Å²) in [6.45, 7) is 31.5. The average molecular weight is 829 g/mol. The van der Waals surface area contributed by atoms with Gasteiger partial charge in [0.05, 0.1) is 0 Å². The Bertz CT molecular complexity index is 1820. The van der Waals surface area contributed by atoms with Gasteiger partial charge in [-0.25, -0.2) is 12.0 Å². The van der Waals surface area contributed by atoms with Crippen molar-refractivity contribution in [3.63, 3.8) is 0 Å². The minimum Gasteiger partial charge on any atom is -1.00 e. The molecule has 3 aromatic rings. The van der Waals surface area contributed by atoms with Crippen LogP contribution in [-0.4, -0.2) is 3.21 Å². The number of benzene rings is 2. The summed E-state index contributed by atoms with van der Waals surface area (Å²) in [6, 6.07) is 26.5. The van der Waals surface area contributed by atoms with E-state index in [1.165, 1.54) is 87.4 Å². The maximum Gasteiger partial charge on any atom is -1.00 e. The maximum atomic E-state index is 2.62. The fraction of sp³-hybridized carbons (Fsp3) is 0.500. The minimum atomic E-state index is 0. The molecule has 286 valence electrons. The van der Waals surface area contributed by atoms with Crippen LogP contribution in [0.2, 0.25) is 0 Å². The van der Waals surface area contributed by atoms with Gasteiger partial charge in [-0.05, 0) is 40.6 Å². The molecule has 2 atom stereocenters. The van der Waals surface area contributed by atoms with E-state index in [1.54, 1.807) is 28.2 Å². The van der Waals surface area contributed by atoms with Crippen molar-refractivity contribution in [1.29, 1.82) is 0 Å². The van der Waals surface area contributed by atoms with Crippen molar-refractivity contribution in [3.8, 4) is 0 Å².